The first-order chi connectivity index (χ1) is 9.10. The third-order valence-electron chi connectivity index (χ3n) is 2.83. The standard InChI is InChI=1S/C14H16FN3O/c1-3-4-11-8-13(18-17-11)14(19)16-12-7-10(15)6-5-9(12)2/h5-8H,3-4H2,1-2H3,(H,16,19)(H,17,18). The van der Waals surface area contributed by atoms with Gasteiger partial charge in [0.25, 0.3) is 5.91 Å². The van der Waals surface area contributed by atoms with E-state index in [1.54, 1.807) is 12.1 Å². The first-order valence-corrected chi connectivity index (χ1v) is 6.22. The molecule has 1 aromatic heterocycles. The van der Waals surface area contributed by atoms with E-state index in [1.165, 1.54) is 12.1 Å². The van der Waals surface area contributed by atoms with Crippen LogP contribution in [0.4, 0.5) is 10.1 Å². The molecule has 0 atom stereocenters. The lowest BCUT2D eigenvalue weighted by atomic mass is 10.2. The molecular formula is C14H16FN3O. The minimum atomic E-state index is -0.380. The molecule has 0 radical (unpaired) electrons. The average molecular weight is 261 g/mol. The summed E-state index contributed by atoms with van der Waals surface area (Å²) < 4.78 is 13.1. The number of hydrogen-bond acceptors (Lipinski definition) is 2. The highest BCUT2D eigenvalue weighted by molar-refractivity contribution is 6.03. The number of H-pyrrole nitrogens is 1. The number of halogens is 1. The summed E-state index contributed by atoms with van der Waals surface area (Å²) in [6.45, 7) is 3.86. The second kappa shape index (κ2) is 5.65. The number of amides is 1. The molecule has 2 aromatic rings. The smallest absolute Gasteiger partial charge is 0.276 e. The molecular weight excluding hydrogens is 245 g/mol. The molecule has 5 heteroatoms. The fraction of sp³-hybridized carbons (Fsp3) is 0.286. The summed E-state index contributed by atoms with van der Waals surface area (Å²) in [7, 11) is 0. The van der Waals surface area contributed by atoms with E-state index < -0.39 is 0 Å². The molecule has 1 amide bonds. The lowest BCUT2D eigenvalue weighted by molar-refractivity contribution is 0.102. The molecule has 2 rings (SSSR count). The normalized spacial score (nSPS) is 10.5. The number of carbonyl (C=O) groups excluding carboxylic acids is 1. The molecule has 0 bridgehead atoms. The molecule has 0 aliphatic rings. The van der Waals surface area contributed by atoms with E-state index in [9.17, 15) is 9.18 Å². The highest BCUT2D eigenvalue weighted by Crippen LogP contribution is 2.17. The summed E-state index contributed by atoms with van der Waals surface area (Å²) in [6.07, 6.45) is 1.82. The number of rotatable bonds is 4. The molecule has 100 valence electrons. The van der Waals surface area contributed by atoms with Crippen LogP contribution in [-0.2, 0) is 6.42 Å². The maximum absolute atomic E-state index is 13.1. The molecule has 0 saturated carbocycles. The van der Waals surface area contributed by atoms with Gasteiger partial charge in [-0.25, -0.2) is 4.39 Å². The molecule has 0 unspecified atom stereocenters. The van der Waals surface area contributed by atoms with Crippen LogP contribution in [0.1, 0.15) is 35.1 Å². The number of aryl methyl sites for hydroxylation is 2. The molecule has 0 fully saturated rings. The number of benzene rings is 1. The van der Waals surface area contributed by atoms with Gasteiger partial charge in [0, 0.05) is 11.4 Å². The Morgan fingerprint density at radius 1 is 1.42 bits per heavy atom. The number of aromatic nitrogens is 2. The molecule has 2 N–H and O–H groups in total. The van der Waals surface area contributed by atoms with Crippen molar-refractivity contribution < 1.29 is 9.18 Å². The maximum Gasteiger partial charge on any atom is 0.276 e. The number of aromatic amines is 1. The predicted octanol–water partition coefficient (Wildman–Crippen LogP) is 3.06. The Labute approximate surface area is 111 Å². The quantitative estimate of drug-likeness (QED) is 0.888. The van der Waals surface area contributed by atoms with Gasteiger partial charge in [0.15, 0.2) is 5.69 Å². The van der Waals surface area contributed by atoms with E-state index in [-0.39, 0.29) is 11.7 Å². The van der Waals surface area contributed by atoms with Crippen LogP contribution >= 0.6 is 0 Å². The van der Waals surface area contributed by atoms with Gasteiger partial charge in [-0.3, -0.25) is 9.89 Å². The van der Waals surface area contributed by atoms with Gasteiger partial charge >= 0.3 is 0 Å². The lowest BCUT2D eigenvalue weighted by Crippen LogP contribution is -2.13. The number of hydrogen-bond donors (Lipinski definition) is 2. The highest BCUT2D eigenvalue weighted by atomic mass is 19.1. The van der Waals surface area contributed by atoms with Crippen LogP contribution in [0.5, 0.6) is 0 Å². The zero-order valence-electron chi connectivity index (χ0n) is 11.0. The highest BCUT2D eigenvalue weighted by Gasteiger charge is 2.12. The van der Waals surface area contributed by atoms with E-state index in [4.69, 9.17) is 0 Å². The third kappa shape index (κ3) is 3.19. The van der Waals surface area contributed by atoms with Gasteiger partial charge in [-0.15, -0.1) is 0 Å². The first kappa shape index (κ1) is 13.3. The van der Waals surface area contributed by atoms with Crippen molar-refractivity contribution in [3.8, 4) is 0 Å². The topological polar surface area (TPSA) is 57.8 Å². The molecule has 1 aromatic carbocycles. The Morgan fingerprint density at radius 3 is 2.95 bits per heavy atom. The third-order valence-corrected chi connectivity index (χ3v) is 2.83. The minimum absolute atomic E-state index is 0.312. The van der Waals surface area contributed by atoms with Crippen LogP contribution in [0, 0.1) is 12.7 Å². The Hall–Kier alpha value is -2.17. The van der Waals surface area contributed by atoms with E-state index in [2.05, 4.69) is 22.4 Å². The summed E-state index contributed by atoms with van der Waals surface area (Å²) >= 11 is 0. The molecule has 0 aliphatic heterocycles. The Morgan fingerprint density at radius 2 is 2.21 bits per heavy atom. The van der Waals surface area contributed by atoms with E-state index >= 15 is 0 Å². The lowest BCUT2D eigenvalue weighted by Gasteiger charge is -2.06. The fourth-order valence-electron chi connectivity index (χ4n) is 1.79. The van der Waals surface area contributed by atoms with Crippen molar-refractivity contribution in [3.05, 3.63) is 47.0 Å². The van der Waals surface area contributed by atoms with Crippen molar-refractivity contribution in [1.82, 2.24) is 10.2 Å². The number of carbonyl (C=O) groups is 1. The van der Waals surface area contributed by atoms with Gasteiger partial charge in [0.2, 0.25) is 0 Å². The van der Waals surface area contributed by atoms with Crippen molar-refractivity contribution in [2.75, 3.05) is 5.32 Å². The van der Waals surface area contributed by atoms with Gasteiger partial charge in [0.1, 0.15) is 5.82 Å². The minimum Gasteiger partial charge on any atom is -0.320 e. The Kier molecular flexibility index (Phi) is 3.94. The summed E-state index contributed by atoms with van der Waals surface area (Å²) in [5, 5.41) is 9.43. The largest absolute Gasteiger partial charge is 0.320 e. The van der Waals surface area contributed by atoms with Crippen LogP contribution in [0.3, 0.4) is 0 Å². The summed E-state index contributed by atoms with van der Waals surface area (Å²) in [4.78, 5) is 12.0. The predicted molar refractivity (Wildman–Crippen MR) is 71.7 cm³/mol. The van der Waals surface area contributed by atoms with Crippen molar-refractivity contribution >= 4 is 11.6 Å². The van der Waals surface area contributed by atoms with Crippen molar-refractivity contribution in [2.45, 2.75) is 26.7 Å². The van der Waals surface area contributed by atoms with Gasteiger partial charge in [0.05, 0.1) is 0 Å². The van der Waals surface area contributed by atoms with Gasteiger partial charge < -0.3 is 5.32 Å². The maximum atomic E-state index is 13.1. The first-order valence-electron chi connectivity index (χ1n) is 6.22. The zero-order chi connectivity index (χ0) is 13.8. The average Bonchev–Trinajstić information content (AvgIpc) is 2.83. The Balaban J connectivity index is 2.13. The molecule has 0 aliphatic carbocycles. The molecule has 1 heterocycles. The molecule has 4 nitrogen and oxygen atoms in total. The fourth-order valence-corrected chi connectivity index (χ4v) is 1.79. The van der Waals surface area contributed by atoms with Gasteiger partial charge in [-0.2, -0.15) is 5.10 Å². The summed E-state index contributed by atoms with van der Waals surface area (Å²) in [5.74, 6) is -0.720. The van der Waals surface area contributed by atoms with E-state index in [0.29, 0.717) is 11.4 Å². The molecule has 0 saturated heterocycles. The van der Waals surface area contributed by atoms with Crippen LogP contribution in [0.15, 0.2) is 24.3 Å². The number of nitrogens with one attached hydrogen (secondary N) is 2. The van der Waals surface area contributed by atoms with E-state index in [0.717, 1.165) is 24.1 Å². The van der Waals surface area contributed by atoms with Gasteiger partial charge in [-0.1, -0.05) is 19.4 Å². The van der Waals surface area contributed by atoms with Crippen molar-refractivity contribution in [1.29, 1.82) is 0 Å². The molecule has 19 heavy (non-hydrogen) atoms. The van der Waals surface area contributed by atoms with Crippen LogP contribution in [-0.4, -0.2) is 16.1 Å². The Bertz CT molecular complexity index is 592. The van der Waals surface area contributed by atoms with Crippen LogP contribution < -0.4 is 5.32 Å². The second-order valence-corrected chi connectivity index (χ2v) is 4.44. The van der Waals surface area contributed by atoms with Crippen LogP contribution in [0.25, 0.3) is 0 Å². The van der Waals surface area contributed by atoms with E-state index in [1.807, 2.05) is 6.92 Å². The summed E-state index contributed by atoms with van der Waals surface area (Å²) in [6, 6.07) is 6.00. The number of anilines is 1. The monoisotopic (exact) mass is 261 g/mol. The SMILES string of the molecule is CCCc1cc(C(=O)Nc2cc(F)ccc2C)n[nH]1. The van der Waals surface area contributed by atoms with Crippen molar-refractivity contribution in [2.24, 2.45) is 0 Å². The van der Waals surface area contributed by atoms with Crippen molar-refractivity contribution in [3.63, 3.8) is 0 Å². The summed E-state index contributed by atoms with van der Waals surface area (Å²) in [5.41, 5.74) is 2.50. The van der Waals surface area contributed by atoms with Crippen LogP contribution in [0.2, 0.25) is 0 Å². The number of nitrogens with zero attached hydrogens (tertiary/aromatic N) is 1. The second-order valence-electron chi connectivity index (χ2n) is 4.44. The zero-order valence-corrected chi connectivity index (χ0v) is 11.0. The molecule has 0 spiro atoms. The van der Waals surface area contributed by atoms with Gasteiger partial charge in [-0.05, 0) is 37.1 Å².